The molecule has 53 heteroatoms. The van der Waals surface area contributed by atoms with Gasteiger partial charge in [0, 0.05) is 18.9 Å². The third kappa shape index (κ3) is 21.6. The molecule has 5 heterocycles. The van der Waals surface area contributed by atoms with E-state index in [2.05, 4.69) is 36.6 Å². The molecular formula is C35H61N3O43S7. The summed E-state index contributed by atoms with van der Waals surface area (Å²) in [5.41, 5.74) is 0. The Bertz CT molecular complexity index is 2850. The molecule has 46 nitrogen and oxygen atoms in total. The number of ether oxygens (including phenoxy) is 10. The summed E-state index contributed by atoms with van der Waals surface area (Å²) in [7, 11) is -25.4. The molecule has 516 valence electrons. The summed E-state index contributed by atoms with van der Waals surface area (Å²) in [5, 5.41) is 76.8. The number of aliphatic hydroxyl groups excluding tert-OH is 5. The lowest BCUT2D eigenvalue weighted by atomic mass is 9.86. The first-order chi connectivity index (χ1) is 40.7. The van der Waals surface area contributed by atoms with Crippen LogP contribution in [-0.4, -0.2) is 287 Å². The summed E-state index contributed by atoms with van der Waals surface area (Å²) in [4.78, 5) is 32.2. The van der Waals surface area contributed by atoms with Gasteiger partial charge in [0.2, 0.25) is 0 Å². The van der Waals surface area contributed by atoms with Crippen molar-refractivity contribution in [3.05, 3.63) is 0 Å². The van der Waals surface area contributed by atoms with Gasteiger partial charge in [-0.2, -0.15) is 56.4 Å². The van der Waals surface area contributed by atoms with Crippen LogP contribution in [0.1, 0.15) is 20.8 Å². The Morgan fingerprint density at radius 1 is 0.523 bits per heavy atom. The zero-order valence-corrected chi connectivity index (χ0v) is 50.7. The van der Waals surface area contributed by atoms with Gasteiger partial charge in [0.15, 0.2) is 68.1 Å². The average molecular weight is 1440 g/mol. The zero-order valence-electron chi connectivity index (χ0n) is 44.9. The second-order valence-corrected chi connectivity index (χ2v) is 25.3. The SMILES string of the molecule is CNC(=O)C1OC(OC2C(COS(=O)(=O)O)OC(C)C(NS(=O)(=O)O)C2O)C(OOOSO)C(O)C1OC1OC(COS(=O)(=O)O)C(OC2OC(C(=O)OC)C(OC3OC(COS(=O)(=O)O)C(C)C(O)C3C)C(O)C2O)C(OSOOO)C1NS(=O)(=O)O. The monoisotopic (exact) mass is 1440 g/mol. The fourth-order valence-electron chi connectivity index (χ4n) is 9.31. The first-order valence-electron chi connectivity index (χ1n) is 24.3. The number of rotatable bonds is 31. The topological polar surface area (TPSA) is 659 Å². The molecule has 0 radical (unpaired) electrons. The van der Waals surface area contributed by atoms with Crippen molar-refractivity contribution in [3.63, 3.8) is 0 Å². The molecular weight excluding hydrogens is 1370 g/mol. The molecule has 25 atom stereocenters. The van der Waals surface area contributed by atoms with Crippen molar-refractivity contribution in [2.24, 2.45) is 11.8 Å². The van der Waals surface area contributed by atoms with Crippen LogP contribution >= 0.6 is 24.6 Å². The third-order valence-electron chi connectivity index (χ3n) is 13.3. The van der Waals surface area contributed by atoms with E-state index in [0.29, 0.717) is 0 Å². The molecule has 0 aromatic heterocycles. The van der Waals surface area contributed by atoms with Gasteiger partial charge in [-0.1, -0.05) is 23.9 Å². The van der Waals surface area contributed by atoms with Gasteiger partial charge in [-0.15, -0.1) is 8.67 Å². The van der Waals surface area contributed by atoms with Crippen molar-refractivity contribution < 1.29 is 198 Å². The van der Waals surface area contributed by atoms with Gasteiger partial charge in [0.05, 0.1) is 51.3 Å². The highest BCUT2D eigenvalue weighted by Gasteiger charge is 2.60. The number of carbonyl (C=O) groups excluding carboxylic acids is 2. The molecule has 0 aromatic rings. The summed E-state index contributed by atoms with van der Waals surface area (Å²) in [6.07, 6.45) is -47.7. The van der Waals surface area contributed by atoms with Crippen molar-refractivity contribution in [3.8, 4) is 0 Å². The molecule has 0 saturated carbocycles. The Morgan fingerprint density at radius 2 is 1.02 bits per heavy atom. The second kappa shape index (κ2) is 32.5. The standard InChI is InChI=1S/C35H61N3O43S7/c1-9-12(6-64-86(54,55)56)68-32(10(2)17(9)39)72-25-19(41)20(42)34(75-29(25)31(45)63-5)71-23-14(8-66-88(60,61)62)69-33(16(38-85(51,52)53)24(23)77-83-80-78-46)73-26-21(43)27(76-79-81-82-47)35(74-28(26)30(44)36-4)70-22-13(7-65-87(57,58)59)67-11(3)15(18(22)40)37-84(48,49)50/h9-29,32-35,37-43,46-47H,6-8H2,1-5H3,(H,36,44)(H,48,49,50)(H,51,52,53)(H,54,55,56)(H,57,58,59)(H,60,61,62). The van der Waals surface area contributed by atoms with Crippen LogP contribution in [-0.2, 0) is 149 Å². The van der Waals surface area contributed by atoms with E-state index in [0.717, 1.165) is 21.1 Å². The van der Waals surface area contributed by atoms with Crippen LogP contribution in [0.15, 0.2) is 0 Å². The molecule has 5 rings (SSSR count). The van der Waals surface area contributed by atoms with Crippen molar-refractivity contribution in [1.82, 2.24) is 14.8 Å². The van der Waals surface area contributed by atoms with Gasteiger partial charge in [0.25, 0.3) is 5.91 Å². The molecule has 0 aliphatic carbocycles. The fraction of sp³-hybridized carbons (Fsp3) is 0.943. The number of aliphatic hydroxyl groups is 5. The lowest BCUT2D eigenvalue weighted by molar-refractivity contribution is -0.512. The quantitative estimate of drug-likeness (QED) is 0.00765. The number of hydrogen-bond donors (Lipinski definition) is 15. The van der Waals surface area contributed by atoms with E-state index in [1.807, 2.05) is 0 Å². The maximum Gasteiger partial charge on any atom is 0.397 e. The maximum absolute atomic E-state index is 13.8. The first kappa shape index (κ1) is 76.8. The number of esters is 1. The molecule has 5 saturated heterocycles. The summed E-state index contributed by atoms with van der Waals surface area (Å²) in [6, 6.07) is -4.56. The van der Waals surface area contributed by atoms with Gasteiger partial charge in [-0.3, -0.25) is 31.7 Å². The molecule has 0 bridgehead atoms. The summed E-state index contributed by atoms with van der Waals surface area (Å²) in [6.45, 7) is -0.0370. The van der Waals surface area contributed by atoms with Crippen molar-refractivity contribution in [2.75, 3.05) is 34.0 Å². The highest BCUT2D eigenvalue weighted by Crippen LogP contribution is 2.40. The number of likely N-dealkylation sites (N-methyl/N-ethyl adjacent to an activating group) is 1. The Kier molecular flexibility index (Phi) is 28.4. The van der Waals surface area contributed by atoms with Crippen LogP contribution in [0.25, 0.3) is 0 Å². The van der Waals surface area contributed by atoms with E-state index in [4.69, 9.17) is 66.2 Å². The Morgan fingerprint density at radius 3 is 1.56 bits per heavy atom. The predicted molar refractivity (Wildman–Crippen MR) is 267 cm³/mol. The third-order valence-corrected chi connectivity index (χ3v) is 16.3. The zero-order chi connectivity index (χ0) is 66.2. The molecule has 1 amide bonds. The van der Waals surface area contributed by atoms with Crippen LogP contribution in [0.5, 0.6) is 0 Å². The number of hydrogen-bond acceptors (Lipinski definition) is 40. The molecule has 0 spiro atoms. The minimum atomic E-state index is -5.76. The molecule has 15 N–H and O–H groups in total. The Hall–Kier alpha value is -1.89. The number of nitrogens with one attached hydrogen (secondary N) is 3. The predicted octanol–water partition coefficient (Wildman–Crippen LogP) is -8.07. The van der Waals surface area contributed by atoms with Gasteiger partial charge in [0.1, 0.15) is 73.2 Å². The van der Waals surface area contributed by atoms with E-state index in [9.17, 15) is 100.0 Å². The van der Waals surface area contributed by atoms with Crippen LogP contribution in [0.3, 0.4) is 0 Å². The van der Waals surface area contributed by atoms with Crippen molar-refractivity contribution >= 4 is 88.3 Å². The summed E-state index contributed by atoms with van der Waals surface area (Å²) >= 11 is -1.06. The van der Waals surface area contributed by atoms with Crippen molar-refractivity contribution in [2.45, 2.75) is 162 Å². The fourth-order valence-corrected chi connectivity index (χ4v) is 11.9. The van der Waals surface area contributed by atoms with Gasteiger partial charge in [-0.05, 0) is 6.92 Å². The molecule has 25 unspecified atom stereocenters. The summed E-state index contributed by atoms with van der Waals surface area (Å²) < 4.78 is 264. The molecule has 88 heavy (non-hydrogen) atoms. The highest BCUT2D eigenvalue weighted by molar-refractivity contribution is 7.89. The average Bonchev–Trinajstić information content (AvgIpc) is 1.56. The van der Waals surface area contributed by atoms with Crippen LogP contribution in [0, 0.1) is 11.8 Å². The Labute approximate surface area is 506 Å². The van der Waals surface area contributed by atoms with Crippen LogP contribution in [0.4, 0.5) is 0 Å². The highest BCUT2D eigenvalue weighted by atomic mass is 32.3. The first-order valence-corrected chi connectivity index (χ1v) is 32.6. The maximum atomic E-state index is 13.8. The lowest BCUT2D eigenvalue weighted by Gasteiger charge is -2.50. The van der Waals surface area contributed by atoms with E-state index >= 15 is 0 Å². The van der Waals surface area contributed by atoms with E-state index < -0.39 is 261 Å². The number of carbonyl (C=O) groups is 2. The molecule has 0 aromatic carbocycles. The smallest absolute Gasteiger partial charge is 0.397 e. The van der Waals surface area contributed by atoms with E-state index in [1.165, 1.54) is 18.6 Å². The second-order valence-electron chi connectivity index (χ2n) is 18.9. The molecule has 5 fully saturated rings. The molecule has 5 aliphatic rings. The van der Waals surface area contributed by atoms with E-state index in [1.54, 1.807) is 4.72 Å². The number of amides is 1. The normalized spacial score (nSPS) is 38.9. The largest absolute Gasteiger partial charge is 0.467 e. The number of methoxy groups -OCH3 is 1. The van der Waals surface area contributed by atoms with Crippen molar-refractivity contribution in [1.29, 1.82) is 0 Å². The van der Waals surface area contributed by atoms with Crippen LogP contribution < -0.4 is 14.8 Å². The molecule has 5 aliphatic heterocycles. The van der Waals surface area contributed by atoms with Gasteiger partial charge in [-0.25, -0.2) is 22.6 Å². The lowest BCUT2D eigenvalue weighted by Crippen LogP contribution is -2.71. The van der Waals surface area contributed by atoms with Gasteiger partial charge < -0.3 is 82.8 Å². The van der Waals surface area contributed by atoms with Crippen LogP contribution in [0.2, 0.25) is 0 Å². The minimum Gasteiger partial charge on any atom is -0.467 e. The van der Waals surface area contributed by atoms with Gasteiger partial charge >= 0.3 is 57.8 Å². The Balaban J connectivity index is 1.58. The van der Waals surface area contributed by atoms with E-state index in [-0.39, 0.29) is 0 Å². The minimum absolute atomic E-state index is 0.481. The summed E-state index contributed by atoms with van der Waals surface area (Å²) in [5.74, 6) is -4.95.